The van der Waals surface area contributed by atoms with Crippen molar-refractivity contribution in [1.29, 1.82) is 0 Å². The highest BCUT2D eigenvalue weighted by atomic mass is 35.5. The van der Waals surface area contributed by atoms with Crippen molar-refractivity contribution in [3.05, 3.63) is 29.3 Å². The van der Waals surface area contributed by atoms with E-state index in [1.54, 1.807) is 6.07 Å². The van der Waals surface area contributed by atoms with E-state index in [0.29, 0.717) is 10.8 Å². The van der Waals surface area contributed by atoms with Gasteiger partial charge in [0.15, 0.2) is 0 Å². The highest BCUT2D eigenvalue weighted by Gasteiger charge is 2.26. The van der Waals surface area contributed by atoms with Gasteiger partial charge in [0.25, 0.3) is 0 Å². The van der Waals surface area contributed by atoms with Crippen molar-refractivity contribution in [1.82, 2.24) is 10.0 Å². The molecule has 1 heterocycles. The summed E-state index contributed by atoms with van der Waals surface area (Å²) in [6, 6.07) is 5.52. The zero-order valence-corrected chi connectivity index (χ0v) is 15.2. The summed E-state index contributed by atoms with van der Waals surface area (Å²) in [6.07, 6.45) is 2.63. The van der Waals surface area contributed by atoms with E-state index in [4.69, 9.17) is 0 Å². The van der Waals surface area contributed by atoms with Gasteiger partial charge in [0, 0.05) is 6.04 Å². The van der Waals surface area contributed by atoms with Gasteiger partial charge >= 0.3 is 0 Å². The van der Waals surface area contributed by atoms with E-state index in [0.717, 1.165) is 37.9 Å². The van der Waals surface area contributed by atoms with Crippen molar-refractivity contribution in [3.8, 4) is 0 Å². The Labute approximate surface area is 140 Å². The second-order valence-electron chi connectivity index (χ2n) is 5.84. The maximum atomic E-state index is 12.6. The van der Waals surface area contributed by atoms with Crippen LogP contribution >= 0.6 is 12.4 Å². The van der Waals surface area contributed by atoms with Crippen LogP contribution in [0.3, 0.4) is 0 Å². The van der Waals surface area contributed by atoms with Crippen molar-refractivity contribution >= 4 is 22.4 Å². The first kappa shape index (κ1) is 19.4. The lowest BCUT2D eigenvalue weighted by atomic mass is 9.97. The molecule has 0 aliphatic carbocycles. The van der Waals surface area contributed by atoms with Gasteiger partial charge in [0.2, 0.25) is 10.0 Å². The Kier molecular flexibility index (Phi) is 7.32. The van der Waals surface area contributed by atoms with Gasteiger partial charge in [-0.05, 0) is 61.5 Å². The number of aryl methyl sites for hydroxylation is 2. The fraction of sp³-hybridized carbons (Fsp3) is 0.625. The van der Waals surface area contributed by atoms with Crippen molar-refractivity contribution < 1.29 is 8.42 Å². The van der Waals surface area contributed by atoms with Gasteiger partial charge in [0.1, 0.15) is 0 Å². The van der Waals surface area contributed by atoms with Gasteiger partial charge in [-0.15, -0.1) is 12.4 Å². The quantitative estimate of drug-likeness (QED) is 0.861. The highest BCUT2D eigenvalue weighted by Crippen LogP contribution is 2.19. The van der Waals surface area contributed by atoms with Crippen molar-refractivity contribution in [3.63, 3.8) is 0 Å². The molecule has 0 amide bonds. The smallest absolute Gasteiger partial charge is 0.240 e. The molecule has 126 valence electrons. The SMILES string of the molecule is CCc1ccc(S(=O)(=O)NC2CCNCC2C)cc1CC.Cl. The number of sulfonamides is 1. The molecule has 0 radical (unpaired) electrons. The van der Waals surface area contributed by atoms with E-state index < -0.39 is 10.0 Å². The van der Waals surface area contributed by atoms with E-state index in [1.165, 1.54) is 5.56 Å². The number of halogens is 1. The molecule has 22 heavy (non-hydrogen) atoms. The topological polar surface area (TPSA) is 58.2 Å². The molecular formula is C16H27ClN2O2S. The average molecular weight is 347 g/mol. The first-order chi connectivity index (χ1) is 9.97. The fourth-order valence-corrected chi connectivity index (χ4v) is 4.33. The zero-order valence-electron chi connectivity index (χ0n) is 13.6. The standard InChI is InChI=1S/C16H26N2O2S.ClH/c1-4-13-6-7-15(10-14(13)5-2)21(19,20)18-16-8-9-17-11-12(16)3;/h6-7,10,12,16-18H,4-5,8-9,11H2,1-3H3;1H. The van der Waals surface area contributed by atoms with Gasteiger partial charge in [0.05, 0.1) is 4.90 Å². The number of rotatable bonds is 5. The number of piperidine rings is 1. The minimum Gasteiger partial charge on any atom is -0.316 e. The molecule has 1 aromatic carbocycles. The second-order valence-corrected chi connectivity index (χ2v) is 7.55. The van der Waals surface area contributed by atoms with Crippen LogP contribution in [-0.2, 0) is 22.9 Å². The lowest BCUT2D eigenvalue weighted by Crippen LogP contribution is -2.48. The number of hydrogen-bond acceptors (Lipinski definition) is 3. The molecule has 1 saturated heterocycles. The first-order valence-corrected chi connectivity index (χ1v) is 9.31. The molecule has 2 unspecified atom stereocenters. The molecule has 2 N–H and O–H groups in total. The van der Waals surface area contributed by atoms with Gasteiger partial charge in [-0.1, -0.05) is 26.8 Å². The summed E-state index contributed by atoms with van der Waals surface area (Å²) in [5.41, 5.74) is 2.35. The van der Waals surface area contributed by atoms with Crippen LogP contribution in [0.5, 0.6) is 0 Å². The van der Waals surface area contributed by atoms with Crippen LogP contribution in [0, 0.1) is 5.92 Å². The Balaban J connectivity index is 0.00000242. The summed E-state index contributed by atoms with van der Waals surface area (Å²) in [7, 11) is -3.43. The third-order valence-electron chi connectivity index (χ3n) is 4.34. The molecule has 4 nitrogen and oxygen atoms in total. The highest BCUT2D eigenvalue weighted by molar-refractivity contribution is 7.89. The summed E-state index contributed by atoms with van der Waals surface area (Å²) < 4.78 is 28.0. The van der Waals surface area contributed by atoms with Gasteiger partial charge in [-0.2, -0.15) is 0 Å². The molecule has 1 fully saturated rings. The van der Waals surface area contributed by atoms with Crippen LogP contribution in [-0.4, -0.2) is 27.5 Å². The predicted molar refractivity (Wildman–Crippen MR) is 93.2 cm³/mol. The Morgan fingerprint density at radius 2 is 1.91 bits per heavy atom. The van der Waals surface area contributed by atoms with Crippen LogP contribution < -0.4 is 10.0 Å². The number of hydrogen-bond donors (Lipinski definition) is 2. The van der Waals surface area contributed by atoms with Crippen LogP contribution in [0.15, 0.2) is 23.1 Å². The maximum Gasteiger partial charge on any atom is 0.240 e. The van der Waals surface area contributed by atoms with E-state index >= 15 is 0 Å². The minimum atomic E-state index is -3.43. The molecular weight excluding hydrogens is 320 g/mol. The summed E-state index contributed by atoms with van der Waals surface area (Å²) >= 11 is 0. The third kappa shape index (κ3) is 4.44. The molecule has 6 heteroatoms. The molecule has 0 saturated carbocycles. The molecule has 0 bridgehead atoms. The molecule has 0 aromatic heterocycles. The van der Waals surface area contributed by atoms with E-state index in [1.807, 2.05) is 12.1 Å². The number of nitrogens with one attached hydrogen (secondary N) is 2. The van der Waals surface area contributed by atoms with E-state index in [-0.39, 0.29) is 18.4 Å². The summed E-state index contributed by atoms with van der Waals surface area (Å²) in [4.78, 5) is 0.391. The fourth-order valence-electron chi connectivity index (χ4n) is 2.90. The lowest BCUT2D eigenvalue weighted by molar-refractivity contribution is 0.328. The van der Waals surface area contributed by atoms with E-state index in [9.17, 15) is 8.42 Å². The second kappa shape index (κ2) is 8.29. The molecule has 1 aromatic rings. The zero-order chi connectivity index (χ0) is 15.5. The van der Waals surface area contributed by atoms with Crippen LogP contribution in [0.25, 0.3) is 0 Å². The largest absolute Gasteiger partial charge is 0.316 e. The minimum absolute atomic E-state index is 0. The van der Waals surface area contributed by atoms with Gasteiger partial charge < -0.3 is 5.32 Å². The van der Waals surface area contributed by atoms with Gasteiger partial charge in [-0.3, -0.25) is 0 Å². The summed E-state index contributed by atoms with van der Waals surface area (Å²) in [5.74, 6) is 0.314. The van der Waals surface area contributed by atoms with Crippen LogP contribution in [0.1, 0.15) is 38.3 Å². The Hall–Kier alpha value is -0.620. The molecule has 1 aliphatic heterocycles. The molecule has 1 aliphatic rings. The molecule has 2 rings (SSSR count). The average Bonchev–Trinajstić information content (AvgIpc) is 2.48. The first-order valence-electron chi connectivity index (χ1n) is 7.82. The van der Waals surface area contributed by atoms with Crippen LogP contribution in [0.2, 0.25) is 0 Å². The third-order valence-corrected chi connectivity index (χ3v) is 5.83. The Morgan fingerprint density at radius 1 is 1.23 bits per heavy atom. The summed E-state index contributed by atoms with van der Waals surface area (Å²) in [5, 5.41) is 3.29. The van der Waals surface area contributed by atoms with Crippen molar-refractivity contribution in [2.75, 3.05) is 13.1 Å². The van der Waals surface area contributed by atoms with Crippen molar-refractivity contribution in [2.24, 2.45) is 5.92 Å². The van der Waals surface area contributed by atoms with Gasteiger partial charge in [-0.25, -0.2) is 13.1 Å². The predicted octanol–water partition coefficient (Wildman–Crippen LogP) is 2.51. The Morgan fingerprint density at radius 3 is 2.50 bits per heavy atom. The van der Waals surface area contributed by atoms with E-state index in [2.05, 4.69) is 30.8 Å². The normalized spacial score (nSPS) is 22.1. The van der Waals surface area contributed by atoms with Crippen LogP contribution in [0.4, 0.5) is 0 Å². The summed E-state index contributed by atoms with van der Waals surface area (Å²) in [6.45, 7) is 7.97. The van der Waals surface area contributed by atoms with Crippen molar-refractivity contribution in [2.45, 2.75) is 51.0 Å². The number of benzene rings is 1. The monoisotopic (exact) mass is 346 g/mol. The Bertz CT molecular complexity index is 590. The molecule has 0 spiro atoms. The lowest BCUT2D eigenvalue weighted by Gasteiger charge is -2.30. The maximum absolute atomic E-state index is 12.6. The molecule has 2 atom stereocenters.